The second kappa shape index (κ2) is 8.75. The van der Waals surface area contributed by atoms with Crippen molar-refractivity contribution in [2.45, 2.75) is 13.8 Å². The Morgan fingerprint density at radius 1 is 1.12 bits per heavy atom. The van der Waals surface area contributed by atoms with Crippen LogP contribution in [0.5, 0.6) is 0 Å². The van der Waals surface area contributed by atoms with Crippen molar-refractivity contribution < 1.29 is 27.8 Å². The van der Waals surface area contributed by atoms with Crippen LogP contribution < -0.4 is 5.32 Å². The van der Waals surface area contributed by atoms with E-state index in [-0.39, 0.29) is 19.0 Å². The third kappa shape index (κ3) is 4.24. The molecule has 138 valence electrons. The summed E-state index contributed by atoms with van der Waals surface area (Å²) in [4.78, 5) is 23.8. The van der Waals surface area contributed by atoms with E-state index >= 15 is 0 Å². The molecule has 9 heteroatoms. The number of nitrogens with one attached hydrogen (secondary N) is 1. The van der Waals surface area contributed by atoms with Gasteiger partial charge in [-0.1, -0.05) is 6.07 Å². The summed E-state index contributed by atoms with van der Waals surface area (Å²) >= 11 is 0. The Kier molecular flexibility index (Phi) is 6.42. The Balaban J connectivity index is 2.35. The summed E-state index contributed by atoms with van der Waals surface area (Å²) in [6, 6.07) is 4.81. The lowest BCUT2D eigenvalue weighted by Crippen LogP contribution is -2.20. The van der Waals surface area contributed by atoms with Crippen LogP contribution in [0, 0.1) is 11.6 Å². The van der Waals surface area contributed by atoms with Crippen LogP contribution in [0.3, 0.4) is 0 Å². The van der Waals surface area contributed by atoms with Gasteiger partial charge in [0.25, 0.3) is 0 Å². The largest absolute Gasteiger partial charge is 0.462 e. The van der Waals surface area contributed by atoms with Crippen molar-refractivity contribution in [2.24, 2.45) is 0 Å². The van der Waals surface area contributed by atoms with Crippen LogP contribution >= 0.6 is 0 Å². The topological polar surface area (TPSA) is 82.5 Å². The number of esters is 2. The Labute approximate surface area is 148 Å². The summed E-state index contributed by atoms with van der Waals surface area (Å²) < 4.78 is 38.5. The number of anilines is 1. The average molecular weight is 365 g/mol. The first-order valence-corrected chi connectivity index (χ1v) is 7.78. The molecule has 0 atom stereocenters. The van der Waals surface area contributed by atoms with Crippen LogP contribution in [0.25, 0.3) is 5.69 Å². The smallest absolute Gasteiger partial charge is 0.347 e. The highest BCUT2D eigenvalue weighted by atomic mass is 19.1. The van der Waals surface area contributed by atoms with Gasteiger partial charge in [-0.3, -0.25) is 0 Å². The van der Waals surface area contributed by atoms with Crippen LogP contribution in [0.2, 0.25) is 0 Å². The van der Waals surface area contributed by atoms with E-state index in [0.29, 0.717) is 0 Å². The number of rotatable bonds is 7. The van der Waals surface area contributed by atoms with E-state index in [1.165, 1.54) is 18.3 Å². The number of halogens is 2. The molecular weight excluding hydrogens is 348 g/mol. The Bertz CT molecular complexity index is 793. The molecule has 1 aromatic heterocycles. The molecule has 0 aliphatic carbocycles. The standard InChI is InChI=1S/C17H17F2N3O4/c1-3-25-16(23)11(17(24)26-4-2)10-20-14-8-9-21-22(14)15-12(18)6-5-7-13(15)19/h5-10,20H,3-4H2,1-2H3. The summed E-state index contributed by atoms with van der Waals surface area (Å²) in [6.07, 6.45) is 2.35. The predicted octanol–water partition coefficient (Wildman–Crippen LogP) is 2.57. The van der Waals surface area contributed by atoms with Crippen molar-refractivity contribution in [1.82, 2.24) is 9.78 Å². The van der Waals surface area contributed by atoms with E-state index in [1.807, 2.05) is 0 Å². The number of nitrogens with zero attached hydrogens (tertiary/aromatic N) is 2. The van der Waals surface area contributed by atoms with Gasteiger partial charge < -0.3 is 14.8 Å². The molecule has 7 nitrogen and oxygen atoms in total. The normalized spacial score (nSPS) is 10.2. The molecule has 2 rings (SSSR count). The monoisotopic (exact) mass is 365 g/mol. The third-order valence-corrected chi connectivity index (χ3v) is 3.15. The lowest BCUT2D eigenvalue weighted by atomic mass is 10.3. The first-order chi connectivity index (χ1) is 12.5. The molecule has 0 aliphatic rings. The highest BCUT2D eigenvalue weighted by Crippen LogP contribution is 2.21. The van der Waals surface area contributed by atoms with Crippen LogP contribution in [0.1, 0.15) is 13.8 Å². The molecule has 0 bridgehead atoms. The van der Waals surface area contributed by atoms with Crippen molar-refractivity contribution in [2.75, 3.05) is 18.5 Å². The molecule has 0 amide bonds. The molecule has 2 aromatic rings. The van der Waals surface area contributed by atoms with E-state index in [2.05, 4.69) is 10.4 Å². The van der Waals surface area contributed by atoms with Gasteiger partial charge in [0.15, 0.2) is 17.2 Å². The van der Waals surface area contributed by atoms with Gasteiger partial charge in [-0.15, -0.1) is 0 Å². The van der Waals surface area contributed by atoms with Crippen molar-refractivity contribution in [3.8, 4) is 5.69 Å². The van der Waals surface area contributed by atoms with Crippen LogP contribution in [0.4, 0.5) is 14.6 Å². The number of benzene rings is 1. The minimum atomic E-state index is -0.887. The second-order valence-electron chi connectivity index (χ2n) is 4.84. The quantitative estimate of drug-likeness (QED) is 0.351. The minimum Gasteiger partial charge on any atom is -0.462 e. The molecule has 1 aromatic carbocycles. The van der Waals surface area contributed by atoms with Gasteiger partial charge in [-0.2, -0.15) is 5.10 Å². The van der Waals surface area contributed by atoms with Gasteiger partial charge >= 0.3 is 11.9 Å². The van der Waals surface area contributed by atoms with E-state index < -0.39 is 34.8 Å². The number of hydrogen-bond acceptors (Lipinski definition) is 6. The highest BCUT2D eigenvalue weighted by molar-refractivity contribution is 6.14. The molecule has 1 N–H and O–H groups in total. The molecule has 0 aliphatic heterocycles. The summed E-state index contributed by atoms with van der Waals surface area (Å²) in [6.45, 7) is 3.30. The number of para-hydroxylation sites is 1. The summed E-state index contributed by atoms with van der Waals surface area (Å²) in [5.74, 6) is -3.29. The van der Waals surface area contributed by atoms with Gasteiger partial charge in [0.05, 0.1) is 19.4 Å². The van der Waals surface area contributed by atoms with Crippen molar-refractivity contribution in [3.63, 3.8) is 0 Å². The van der Waals surface area contributed by atoms with E-state index in [4.69, 9.17) is 9.47 Å². The molecule has 0 radical (unpaired) electrons. The third-order valence-electron chi connectivity index (χ3n) is 3.15. The Morgan fingerprint density at radius 3 is 2.23 bits per heavy atom. The zero-order valence-electron chi connectivity index (χ0n) is 14.2. The van der Waals surface area contributed by atoms with E-state index in [1.54, 1.807) is 13.8 Å². The van der Waals surface area contributed by atoms with Gasteiger partial charge in [0.2, 0.25) is 0 Å². The number of carbonyl (C=O) groups excluding carboxylic acids is 2. The van der Waals surface area contributed by atoms with Crippen LogP contribution in [-0.4, -0.2) is 34.9 Å². The Hall–Kier alpha value is -3.23. The fourth-order valence-corrected chi connectivity index (χ4v) is 2.05. The van der Waals surface area contributed by atoms with Crippen molar-refractivity contribution in [3.05, 3.63) is 53.9 Å². The molecule has 1 heterocycles. The molecule has 0 unspecified atom stereocenters. The first-order valence-electron chi connectivity index (χ1n) is 7.78. The van der Waals surface area contributed by atoms with Gasteiger partial charge in [0.1, 0.15) is 11.5 Å². The maximum atomic E-state index is 14.0. The first kappa shape index (κ1) is 19.1. The van der Waals surface area contributed by atoms with E-state index in [0.717, 1.165) is 23.0 Å². The molecular formula is C17H17F2N3O4. The number of ether oxygens (including phenoxy) is 2. The van der Waals surface area contributed by atoms with Crippen molar-refractivity contribution in [1.29, 1.82) is 0 Å². The van der Waals surface area contributed by atoms with Crippen molar-refractivity contribution >= 4 is 17.8 Å². The molecule has 0 saturated carbocycles. The zero-order valence-corrected chi connectivity index (χ0v) is 14.2. The summed E-state index contributed by atoms with van der Waals surface area (Å²) in [5, 5.41) is 6.49. The minimum absolute atomic E-state index is 0.0634. The second-order valence-corrected chi connectivity index (χ2v) is 4.84. The molecule has 0 fully saturated rings. The summed E-state index contributed by atoms with van der Waals surface area (Å²) in [5.41, 5.74) is -0.794. The summed E-state index contributed by atoms with van der Waals surface area (Å²) in [7, 11) is 0. The molecule has 0 saturated heterocycles. The number of aromatic nitrogens is 2. The lowest BCUT2D eigenvalue weighted by molar-refractivity contribution is -0.146. The van der Waals surface area contributed by atoms with Crippen LogP contribution in [-0.2, 0) is 19.1 Å². The fraction of sp³-hybridized carbons (Fsp3) is 0.235. The zero-order chi connectivity index (χ0) is 19.1. The molecule has 0 spiro atoms. The molecule has 26 heavy (non-hydrogen) atoms. The van der Waals surface area contributed by atoms with Gasteiger partial charge in [-0.25, -0.2) is 23.1 Å². The number of hydrogen-bond donors (Lipinski definition) is 1. The van der Waals surface area contributed by atoms with E-state index in [9.17, 15) is 18.4 Å². The Morgan fingerprint density at radius 2 is 1.69 bits per heavy atom. The maximum Gasteiger partial charge on any atom is 0.347 e. The lowest BCUT2D eigenvalue weighted by Gasteiger charge is -2.10. The predicted molar refractivity (Wildman–Crippen MR) is 88.5 cm³/mol. The average Bonchev–Trinajstić information content (AvgIpc) is 3.03. The fourth-order valence-electron chi connectivity index (χ4n) is 2.05. The maximum absolute atomic E-state index is 14.0. The number of carbonyl (C=O) groups is 2. The SMILES string of the molecule is CCOC(=O)C(=CNc1ccnn1-c1c(F)cccc1F)C(=O)OCC. The highest BCUT2D eigenvalue weighted by Gasteiger charge is 2.21. The van der Waals surface area contributed by atoms with Crippen LogP contribution in [0.15, 0.2) is 42.2 Å². The van der Waals surface area contributed by atoms with Gasteiger partial charge in [0, 0.05) is 12.3 Å². The van der Waals surface area contributed by atoms with Gasteiger partial charge in [-0.05, 0) is 26.0 Å².